The molecule has 0 saturated carbocycles. The molecule has 126 valence electrons. The number of ether oxygens (including phenoxy) is 2. The van der Waals surface area contributed by atoms with Gasteiger partial charge in [0.05, 0.1) is 25.7 Å². The van der Waals surface area contributed by atoms with Crippen molar-refractivity contribution in [3.63, 3.8) is 0 Å². The normalized spacial score (nSPS) is 9.92. The van der Waals surface area contributed by atoms with E-state index in [4.69, 9.17) is 9.47 Å². The molecule has 8 nitrogen and oxygen atoms in total. The molecule has 0 aliphatic rings. The minimum atomic E-state index is -0.491. The highest BCUT2D eigenvalue weighted by molar-refractivity contribution is 5.94. The molecule has 0 atom stereocenters. The Morgan fingerprint density at radius 1 is 1.08 bits per heavy atom. The van der Waals surface area contributed by atoms with Crippen LogP contribution in [0.15, 0.2) is 42.5 Å². The fraction of sp³-hybridized carbons (Fsp3) is 0.188. The van der Waals surface area contributed by atoms with Crippen LogP contribution < -0.4 is 20.1 Å². The number of amides is 1. The van der Waals surface area contributed by atoms with Crippen molar-refractivity contribution in [3.8, 4) is 11.5 Å². The second kappa shape index (κ2) is 7.82. The highest BCUT2D eigenvalue weighted by atomic mass is 16.6. The molecule has 0 spiro atoms. The van der Waals surface area contributed by atoms with E-state index in [0.29, 0.717) is 22.9 Å². The van der Waals surface area contributed by atoms with Crippen LogP contribution in [0.25, 0.3) is 0 Å². The molecule has 0 bridgehead atoms. The Balaban J connectivity index is 1.96. The van der Waals surface area contributed by atoms with E-state index in [-0.39, 0.29) is 18.1 Å². The molecule has 0 aromatic heterocycles. The van der Waals surface area contributed by atoms with Crippen LogP contribution in [0.5, 0.6) is 11.5 Å². The molecule has 0 radical (unpaired) electrons. The summed E-state index contributed by atoms with van der Waals surface area (Å²) >= 11 is 0. The van der Waals surface area contributed by atoms with Crippen molar-refractivity contribution in [1.82, 2.24) is 0 Å². The van der Waals surface area contributed by atoms with Gasteiger partial charge in [-0.25, -0.2) is 0 Å². The van der Waals surface area contributed by atoms with E-state index < -0.39 is 4.92 Å². The van der Waals surface area contributed by atoms with Crippen molar-refractivity contribution in [2.24, 2.45) is 0 Å². The van der Waals surface area contributed by atoms with E-state index in [0.717, 1.165) is 0 Å². The summed E-state index contributed by atoms with van der Waals surface area (Å²) in [4.78, 5) is 22.2. The van der Waals surface area contributed by atoms with Crippen LogP contribution >= 0.6 is 0 Å². The minimum absolute atomic E-state index is 0.0322. The summed E-state index contributed by atoms with van der Waals surface area (Å²) in [5.41, 5.74) is 1.01. The lowest BCUT2D eigenvalue weighted by molar-refractivity contribution is -0.384. The molecule has 0 heterocycles. The van der Waals surface area contributed by atoms with Gasteiger partial charge in [0.2, 0.25) is 5.91 Å². The lowest BCUT2D eigenvalue weighted by Crippen LogP contribution is -2.21. The van der Waals surface area contributed by atoms with Crippen molar-refractivity contribution in [2.75, 3.05) is 31.4 Å². The predicted molar refractivity (Wildman–Crippen MR) is 89.8 cm³/mol. The van der Waals surface area contributed by atoms with Crippen LogP contribution in [-0.2, 0) is 4.79 Å². The maximum atomic E-state index is 12.0. The number of nitrogens with one attached hydrogen (secondary N) is 2. The van der Waals surface area contributed by atoms with Crippen LogP contribution in [0.3, 0.4) is 0 Å². The number of carbonyl (C=O) groups excluding carboxylic acids is 1. The van der Waals surface area contributed by atoms with E-state index >= 15 is 0 Å². The zero-order valence-corrected chi connectivity index (χ0v) is 13.2. The van der Waals surface area contributed by atoms with Gasteiger partial charge in [-0.2, -0.15) is 0 Å². The summed E-state index contributed by atoms with van der Waals surface area (Å²) in [5.74, 6) is 0.765. The summed E-state index contributed by atoms with van der Waals surface area (Å²) in [6.07, 6.45) is 0. The first-order chi connectivity index (χ1) is 11.5. The number of nitro groups is 1. The minimum Gasteiger partial charge on any atom is -0.493 e. The standard InChI is InChI=1S/C16H17N3O5/c1-23-14-7-6-12(9-15(14)24-2)18-16(20)10-17-11-4-3-5-13(8-11)19(21)22/h3-9,17H,10H2,1-2H3,(H,18,20). The molecule has 1 amide bonds. The summed E-state index contributed by atoms with van der Waals surface area (Å²) in [6.45, 7) is -0.0322. The fourth-order valence-electron chi connectivity index (χ4n) is 2.03. The third-order valence-corrected chi connectivity index (χ3v) is 3.18. The SMILES string of the molecule is COc1ccc(NC(=O)CNc2cccc([N+](=O)[O-])c2)cc1OC. The number of non-ortho nitro benzene ring substituents is 1. The van der Waals surface area contributed by atoms with Crippen molar-refractivity contribution < 1.29 is 19.2 Å². The average Bonchev–Trinajstić information content (AvgIpc) is 2.60. The first-order valence-corrected chi connectivity index (χ1v) is 7.03. The van der Waals surface area contributed by atoms with E-state index in [1.54, 1.807) is 30.3 Å². The molecule has 0 aliphatic heterocycles. The summed E-state index contributed by atoms with van der Waals surface area (Å²) in [7, 11) is 3.03. The molecule has 0 aliphatic carbocycles. The van der Waals surface area contributed by atoms with Gasteiger partial charge in [0.15, 0.2) is 11.5 Å². The van der Waals surface area contributed by atoms with Crippen molar-refractivity contribution in [1.29, 1.82) is 0 Å². The van der Waals surface area contributed by atoms with Crippen molar-refractivity contribution >= 4 is 23.0 Å². The first-order valence-electron chi connectivity index (χ1n) is 7.03. The maximum Gasteiger partial charge on any atom is 0.271 e. The average molecular weight is 331 g/mol. The Labute approximate surface area is 138 Å². The lowest BCUT2D eigenvalue weighted by Gasteiger charge is -2.11. The number of rotatable bonds is 7. The van der Waals surface area contributed by atoms with Crippen LogP contribution in [0.1, 0.15) is 0 Å². The van der Waals surface area contributed by atoms with Gasteiger partial charge in [0.1, 0.15) is 0 Å². The number of hydrogen-bond acceptors (Lipinski definition) is 6. The summed E-state index contributed by atoms with van der Waals surface area (Å²) in [6, 6.07) is 11.0. The molecular weight excluding hydrogens is 314 g/mol. The zero-order chi connectivity index (χ0) is 17.5. The lowest BCUT2D eigenvalue weighted by atomic mass is 10.2. The third-order valence-electron chi connectivity index (χ3n) is 3.18. The van der Waals surface area contributed by atoms with Gasteiger partial charge in [-0.05, 0) is 18.2 Å². The highest BCUT2D eigenvalue weighted by Crippen LogP contribution is 2.29. The van der Waals surface area contributed by atoms with Crippen molar-refractivity contribution in [2.45, 2.75) is 0 Å². The number of methoxy groups -OCH3 is 2. The van der Waals surface area contributed by atoms with Gasteiger partial charge in [0, 0.05) is 29.6 Å². The Morgan fingerprint density at radius 3 is 2.50 bits per heavy atom. The van der Waals surface area contributed by atoms with E-state index in [9.17, 15) is 14.9 Å². The second-order valence-corrected chi connectivity index (χ2v) is 4.78. The quantitative estimate of drug-likeness (QED) is 0.597. The molecule has 0 unspecified atom stereocenters. The largest absolute Gasteiger partial charge is 0.493 e. The number of anilines is 2. The Morgan fingerprint density at radius 2 is 1.83 bits per heavy atom. The smallest absolute Gasteiger partial charge is 0.271 e. The Hall–Kier alpha value is -3.29. The van der Waals surface area contributed by atoms with Gasteiger partial charge in [-0.15, -0.1) is 0 Å². The molecular formula is C16H17N3O5. The van der Waals surface area contributed by atoms with Crippen LogP contribution in [-0.4, -0.2) is 31.6 Å². The maximum absolute atomic E-state index is 12.0. The van der Waals surface area contributed by atoms with E-state index in [1.807, 2.05) is 0 Å². The number of nitro benzene ring substituents is 1. The predicted octanol–water partition coefficient (Wildman–Crippen LogP) is 2.66. The third kappa shape index (κ3) is 4.35. The zero-order valence-electron chi connectivity index (χ0n) is 13.2. The van der Waals surface area contributed by atoms with E-state index in [1.165, 1.54) is 26.4 Å². The van der Waals surface area contributed by atoms with E-state index in [2.05, 4.69) is 10.6 Å². The van der Waals surface area contributed by atoms with Crippen LogP contribution in [0.2, 0.25) is 0 Å². The summed E-state index contributed by atoms with van der Waals surface area (Å²) in [5, 5.41) is 16.3. The fourth-order valence-corrected chi connectivity index (χ4v) is 2.03. The Kier molecular flexibility index (Phi) is 5.56. The molecule has 2 aromatic carbocycles. The van der Waals surface area contributed by atoms with Gasteiger partial charge < -0.3 is 20.1 Å². The Bertz CT molecular complexity index is 748. The van der Waals surface area contributed by atoms with Gasteiger partial charge >= 0.3 is 0 Å². The highest BCUT2D eigenvalue weighted by Gasteiger charge is 2.09. The number of carbonyl (C=O) groups is 1. The number of benzene rings is 2. The van der Waals surface area contributed by atoms with Crippen LogP contribution in [0.4, 0.5) is 17.1 Å². The van der Waals surface area contributed by atoms with Crippen molar-refractivity contribution in [3.05, 3.63) is 52.6 Å². The topological polar surface area (TPSA) is 103 Å². The monoisotopic (exact) mass is 331 g/mol. The van der Waals surface area contributed by atoms with Gasteiger partial charge in [-0.3, -0.25) is 14.9 Å². The molecule has 0 saturated heterocycles. The molecule has 2 aromatic rings. The van der Waals surface area contributed by atoms with Crippen LogP contribution in [0, 0.1) is 10.1 Å². The number of hydrogen-bond donors (Lipinski definition) is 2. The first kappa shape index (κ1) is 17.1. The molecule has 0 fully saturated rings. The summed E-state index contributed by atoms with van der Waals surface area (Å²) < 4.78 is 10.3. The second-order valence-electron chi connectivity index (χ2n) is 4.78. The molecule has 24 heavy (non-hydrogen) atoms. The van der Waals surface area contributed by atoms with Gasteiger partial charge in [-0.1, -0.05) is 6.07 Å². The number of nitrogens with zero attached hydrogens (tertiary/aromatic N) is 1. The molecule has 8 heteroatoms. The van der Waals surface area contributed by atoms with Gasteiger partial charge in [0.25, 0.3) is 5.69 Å². The molecule has 2 rings (SSSR count). The molecule has 2 N–H and O–H groups in total.